The van der Waals surface area contributed by atoms with E-state index in [1.54, 1.807) is 12.3 Å². The van der Waals surface area contributed by atoms with Crippen LogP contribution >= 0.6 is 0 Å². The smallest absolute Gasteiger partial charge is 0.414 e. The molecule has 5 rings (SSSR count). The average molecular weight is 552 g/mol. The number of carboxylic acids is 2. The van der Waals surface area contributed by atoms with Crippen molar-refractivity contribution in [1.82, 2.24) is 4.90 Å². The van der Waals surface area contributed by atoms with Crippen molar-refractivity contribution in [2.24, 2.45) is 5.92 Å². The van der Waals surface area contributed by atoms with E-state index >= 15 is 0 Å². The van der Waals surface area contributed by atoms with E-state index in [4.69, 9.17) is 24.2 Å². The van der Waals surface area contributed by atoms with Crippen LogP contribution in [0.1, 0.15) is 68.4 Å². The number of aliphatic carboxylic acids is 2. The third-order valence-corrected chi connectivity index (χ3v) is 8.12. The average Bonchev–Trinajstić information content (AvgIpc) is 3.26. The van der Waals surface area contributed by atoms with Gasteiger partial charge in [-0.1, -0.05) is 62.1 Å². The normalized spacial score (nSPS) is 18.2. The lowest BCUT2D eigenvalue weighted by atomic mass is 9.80. The van der Waals surface area contributed by atoms with E-state index in [1.807, 2.05) is 6.07 Å². The first kappa shape index (κ1) is 29.5. The third kappa shape index (κ3) is 7.79. The molecule has 2 aliphatic rings. The molecule has 214 valence electrons. The SMILES string of the molecule is O=C(O)C(=O)O.OC(C1CCCCCC1)C(CCN1CC=C(c2cc(F)cc3ccoc23)CC1)c1ccccc1. The number of rotatable bonds is 7. The summed E-state index contributed by atoms with van der Waals surface area (Å²) in [7, 11) is 0. The molecule has 2 unspecified atom stereocenters. The number of carbonyl (C=O) groups is 2. The largest absolute Gasteiger partial charge is 0.473 e. The van der Waals surface area contributed by atoms with E-state index in [9.17, 15) is 9.50 Å². The summed E-state index contributed by atoms with van der Waals surface area (Å²) >= 11 is 0. The number of fused-ring (bicyclic) bond motifs is 1. The van der Waals surface area contributed by atoms with Crippen LogP contribution in [0.5, 0.6) is 0 Å². The summed E-state index contributed by atoms with van der Waals surface area (Å²) in [5.41, 5.74) is 4.07. The molecular formula is C32H38FNO6. The second-order valence-electron chi connectivity index (χ2n) is 10.7. The molecule has 1 aromatic heterocycles. The molecule has 3 N–H and O–H groups in total. The number of hydrogen-bond donors (Lipinski definition) is 3. The van der Waals surface area contributed by atoms with Crippen LogP contribution in [-0.4, -0.2) is 57.9 Å². The predicted molar refractivity (Wildman–Crippen MR) is 151 cm³/mol. The summed E-state index contributed by atoms with van der Waals surface area (Å²) in [4.78, 5) is 20.7. The number of nitrogens with zero attached hydrogens (tertiary/aromatic N) is 1. The Balaban J connectivity index is 0.000000557. The molecule has 1 saturated carbocycles. The maximum atomic E-state index is 14.1. The van der Waals surface area contributed by atoms with Gasteiger partial charge in [0.15, 0.2) is 0 Å². The zero-order chi connectivity index (χ0) is 28.5. The van der Waals surface area contributed by atoms with Gasteiger partial charge < -0.3 is 19.7 Å². The summed E-state index contributed by atoms with van der Waals surface area (Å²) in [6, 6.07) is 15.5. The van der Waals surface area contributed by atoms with Gasteiger partial charge in [0.25, 0.3) is 0 Å². The monoisotopic (exact) mass is 551 g/mol. The van der Waals surface area contributed by atoms with E-state index in [2.05, 4.69) is 41.3 Å². The summed E-state index contributed by atoms with van der Waals surface area (Å²) in [5, 5.41) is 27.1. The third-order valence-electron chi connectivity index (χ3n) is 8.12. The van der Waals surface area contributed by atoms with E-state index < -0.39 is 11.9 Å². The molecule has 2 atom stereocenters. The highest BCUT2D eigenvalue weighted by Gasteiger charge is 2.30. The number of halogens is 1. The molecule has 8 heteroatoms. The zero-order valence-corrected chi connectivity index (χ0v) is 22.7. The van der Waals surface area contributed by atoms with Crippen molar-refractivity contribution < 1.29 is 33.7 Å². The van der Waals surface area contributed by atoms with Gasteiger partial charge in [-0.25, -0.2) is 14.0 Å². The lowest BCUT2D eigenvalue weighted by molar-refractivity contribution is -0.159. The summed E-state index contributed by atoms with van der Waals surface area (Å²) in [6.07, 6.45) is 12.8. The van der Waals surface area contributed by atoms with Crippen molar-refractivity contribution in [2.75, 3.05) is 19.6 Å². The summed E-state index contributed by atoms with van der Waals surface area (Å²) in [5.74, 6) is -3.29. The van der Waals surface area contributed by atoms with Gasteiger partial charge in [-0.3, -0.25) is 4.90 Å². The molecule has 1 fully saturated rings. The Bertz CT molecular complexity index is 1280. The van der Waals surface area contributed by atoms with Crippen molar-refractivity contribution in [3.05, 3.63) is 77.8 Å². The molecule has 0 radical (unpaired) electrons. The molecule has 3 aromatic rings. The number of hydrogen-bond acceptors (Lipinski definition) is 5. The van der Waals surface area contributed by atoms with Crippen LogP contribution in [0.4, 0.5) is 4.39 Å². The van der Waals surface area contributed by atoms with Gasteiger partial charge >= 0.3 is 11.9 Å². The Morgan fingerprint density at radius 2 is 1.70 bits per heavy atom. The van der Waals surface area contributed by atoms with Crippen molar-refractivity contribution in [3.8, 4) is 0 Å². The first-order valence-corrected chi connectivity index (χ1v) is 14.1. The summed E-state index contributed by atoms with van der Waals surface area (Å²) in [6.45, 7) is 2.73. The minimum Gasteiger partial charge on any atom is -0.473 e. The number of furan rings is 1. The first-order chi connectivity index (χ1) is 19.3. The predicted octanol–water partition coefficient (Wildman–Crippen LogP) is 6.32. The number of aliphatic hydroxyl groups excluding tert-OH is 1. The second-order valence-corrected chi connectivity index (χ2v) is 10.7. The minimum atomic E-state index is -1.82. The molecule has 1 aliphatic carbocycles. The molecule has 2 aromatic carbocycles. The van der Waals surface area contributed by atoms with Gasteiger partial charge in [-0.15, -0.1) is 0 Å². The van der Waals surface area contributed by atoms with Crippen molar-refractivity contribution in [2.45, 2.75) is 63.4 Å². The lowest BCUT2D eigenvalue weighted by Gasteiger charge is -2.33. The van der Waals surface area contributed by atoms with Gasteiger partial charge in [-0.2, -0.15) is 0 Å². The number of carboxylic acid groups (broad SMARTS) is 2. The van der Waals surface area contributed by atoms with Crippen LogP contribution in [0.25, 0.3) is 16.5 Å². The number of aliphatic hydroxyl groups is 1. The van der Waals surface area contributed by atoms with Gasteiger partial charge in [0.05, 0.1) is 12.4 Å². The Morgan fingerprint density at radius 3 is 2.33 bits per heavy atom. The van der Waals surface area contributed by atoms with Gasteiger partial charge in [0.1, 0.15) is 11.4 Å². The topological polar surface area (TPSA) is 111 Å². The highest BCUT2D eigenvalue weighted by atomic mass is 19.1. The molecule has 1 aliphatic heterocycles. The molecule has 0 bridgehead atoms. The van der Waals surface area contributed by atoms with Crippen LogP contribution in [0.2, 0.25) is 0 Å². The molecule has 0 saturated heterocycles. The zero-order valence-electron chi connectivity index (χ0n) is 22.7. The molecule has 2 heterocycles. The standard InChI is InChI=1S/C30H36FNO2.C2H2O4/c31-26-20-25-15-19-34-30(25)28(21-26)23-12-16-32(17-13-23)18-14-27(22-8-6-3-7-9-22)29(33)24-10-4-1-2-5-11-24;3-1(4)2(5)6/h3,6-9,12,15,19-21,24,27,29,33H,1-2,4-5,10-11,13-14,16-18H2;(H,3,4)(H,5,6). The van der Waals surface area contributed by atoms with Gasteiger partial charge in [0.2, 0.25) is 0 Å². The number of benzene rings is 2. The van der Waals surface area contributed by atoms with Crippen LogP contribution < -0.4 is 0 Å². The Labute approximate surface area is 233 Å². The first-order valence-electron chi connectivity index (χ1n) is 14.1. The minimum absolute atomic E-state index is 0.167. The maximum Gasteiger partial charge on any atom is 0.414 e. The molecule has 0 amide bonds. The lowest BCUT2D eigenvalue weighted by Crippen LogP contribution is -2.34. The maximum absolute atomic E-state index is 14.1. The van der Waals surface area contributed by atoms with Crippen LogP contribution in [0.3, 0.4) is 0 Å². The van der Waals surface area contributed by atoms with Crippen LogP contribution in [0, 0.1) is 11.7 Å². The van der Waals surface area contributed by atoms with Crippen LogP contribution in [0.15, 0.2) is 65.3 Å². The fraction of sp³-hybridized carbons (Fsp3) is 0.438. The van der Waals surface area contributed by atoms with Gasteiger partial charge in [-0.05, 0) is 67.5 Å². The fourth-order valence-corrected chi connectivity index (χ4v) is 5.98. The van der Waals surface area contributed by atoms with Crippen molar-refractivity contribution >= 4 is 28.5 Å². The van der Waals surface area contributed by atoms with Crippen molar-refractivity contribution in [1.29, 1.82) is 0 Å². The molecule has 40 heavy (non-hydrogen) atoms. The molecule has 7 nitrogen and oxygen atoms in total. The van der Waals surface area contributed by atoms with E-state index in [-0.39, 0.29) is 17.8 Å². The molecule has 0 spiro atoms. The van der Waals surface area contributed by atoms with Crippen LogP contribution in [-0.2, 0) is 9.59 Å². The highest BCUT2D eigenvalue weighted by Crippen LogP contribution is 2.36. The van der Waals surface area contributed by atoms with Crippen molar-refractivity contribution in [3.63, 3.8) is 0 Å². The second kappa shape index (κ2) is 14.2. The Hall–Kier alpha value is -3.49. The summed E-state index contributed by atoms with van der Waals surface area (Å²) < 4.78 is 19.8. The van der Waals surface area contributed by atoms with E-state index in [1.165, 1.54) is 37.3 Å². The highest BCUT2D eigenvalue weighted by molar-refractivity contribution is 6.27. The molecular weight excluding hydrogens is 513 g/mol. The van der Waals surface area contributed by atoms with Gasteiger partial charge in [0, 0.05) is 30.0 Å². The van der Waals surface area contributed by atoms with E-state index in [0.717, 1.165) is 67.4 Å². The Kier molecular flexibility index (Phi) is 10.5. The fourth-order valence-electron chi connectivity index (χ4n) is 5.98. The Morgan fingerprint density at radius 1 is 1.00 bits per heavy atom. The van der Waals surface area contributed by atoms with E-state index in [0.29, 0.717) is 5.92 Å². The quantitative estimate of drug-likeness (QED) is 0.233.